The van der Waals surface area contributed by atoms with Crippen molar-refractivity contribution in [1.29, 1.82) is 0 Å². The van der Waals surface area contributed by atoms with Crippen molar-refractivity contribution in [3.8, 4) is 0 Å². The van der Waals surface area contributed by atoms with Crippen LogP contribution >= 0.6 is 27.7 Å². The van der Waals surface area contributed by atoms with E-state index in [2.05, 4.69) is 35.0 Å². The van der Waals surface area contributed by atoms with Crippen LogP contribution in [0.4, 0.5) is 0 Å². The average Bonchev–Trinajstić information content (AvgIpc) is 2.93. The monoisotopic (exact) mass is 432 g/mol. The van der Waals surface area contributed by atoms with E-state index in [0.29, 0.717) is 5.75 Å². The maximum absolute atomic E-state index is 12.6. The van der Waals surface area contributed by atoms with Gasteiger partial charge in [-0.25, -0.2) is 0 Å². The van der Waals surface area contributed by atoms with E-state index in [1.807, 2.05) is 25.1 Å². The molecule has 5 heteroatoms. The summed E-state index contributed by atoms with van der Waals surface area (Å²) in [6, 6.07) is 8.14. The number of fused-ring (bicyclic) bond motifs is 3. The number of ketones is 1. The number of carbonyl (C=O) groups excluding carboxylic acids is 2. The minimum Gasteiger partial charge on any atom is -0.457 e. The van der Waals surface area contributed by atoms with Gasteiger partial charge in [-0.15, -0.1) is 11.8 Å². The van der Waals surface area contributed by atoms with Crippen LogP contribution in [-0.2, 0) is 14.3 Å². The molecule has 0 bridgehead atoms. The van der Waals surface area contributed by atoms with Crippen LogP contribution < -0.4 is 0 Å². The van der Waals surface area contributed by atoms with Crippen molar-refractivity contribution >= 4 is 39.4 Å². The van der Waals surface area contributed by atoms with Gasteiger partial charge in [-0.1, -0.05) is 28.9 Å². The molecule has 1 aliphatic heterocycles. The fraction of sp³-hybridized carbons (Fsp3) is 0.429. The third-order valence-corrected chi connectivity index (χ3v) is 7.63. The van der Waals surface area contributed by atoms with Crippen LogP contribution in [0.3, 0.4) is 0 Å². The smallest absolute Gasteiger partial charge is 0.310 e. The van der Waals surface area contributed by atoms with Gasteiger partial charge in [0.1, 0.15) is 6.10 Å². The van der Waals surface area contributed by atoms with Gasteiger partial charge in [-0.05, 0) is 55.7 Å². The van der Waals surface area contributed by atoms with Crippen LogP contribution in [0.2, 0.25) is 0 Å². The predicted octanol–water partition coefficient (Wildman–Crippen LogP) is 4.95. The Balaban J connectivity index is 1.56. The van der Waals surface area contributed by atoms with Crippen molar-refractivity contribution in [2.45, 2.75) is 37.7 Å². The SMILES string of the molecule is CC1=C2[C@H]3OC(=O)[C@@H](CSc4ccc(Br)cc4)[C@@H]3CC[C@@]2(C)C=CC1=O. The van der Waals surface area contributed by atoms with Crippen LogP contribution in [0.5, 0.6) is 0 Å². The fourth-order valence-electron chi connectivity index (χ4n) is 4.48. The average molecular weight is 433 g/mol. The molecular formula is C21H21BrO3S. The third kappa shape index (κ3) is 2.99. The van der Waals surface area contributed by atoms with Crippen molar-refractivity contribution in [1.82, 2.24) is 0 Å². The van der Waals surface area contributed by atoms with Gasteiger partial charge in [0.2, 0.25) is 0 Å². The maximum Gasteiger partial charge on any atom is 0.310 e. The lowest BCUT2D eigenvalue weighted by atomic mass is 9.62. The highest BCUT2D eigenvalue weighted by Gasteiger charge is 2.54. The Morgan fingerprint density at radius 2 is 2.00 bits per heavy atom. The van der Waals surface area contributed by atoms with E-state index in [1.54, 1.807) is 17.8 Å². The highest BCUT2D eigenvalue weighted by Crippen LogP contribution is 2.53. The van der Waals surface area contributed by atoms with E-state index in [4.69, 9.17) is 4.74 Å². The number of hydrogen-bond acceptors (Lipinski definition) is 4. The van der Waals surface area contributed by atoms with E-state index in [9.17, 15) is 9.59 Å². The molecule has 1 saturated carbocycles. The minimum absolute atomic E-state index is 0.0434. The van der Waals surface area contributed by atoms with Gasteiger partial charge < -0.3 is 4.74 Å². The molecule has 0 spiro atoms. The zero-order valence-electron chi connectivity index (χ0n) is 14.8. The number of benzene rings is 1. The summed E-state index contributed by atoms with van der Waals surface area (Å²) in [4.78, 5) is 26.0. The summed E-state index contributed by atoms with van der Waals surface area (Å²) in [6.07, 6.45) is 5.35. The van der Waals surface area contributed by atoms with Crippen molar-refractivity contribution < 1.29 is 14.3 Å². The minimum atomic E-state index is -0.245. The molecule has 0 radical (unpaired) electrons. The summed E-state index contributed by atoms with van der Waals surface area (Å²) in [5.41, 5.74) is 1.64. The van der Waals surface area contributed by atoms with Gasteiger partial charge in [0.25, 0.3) is 0 Å². The second kappa shape index (κ2) is 6.68. The summed E-state index contributed by atoms with van der Waals surface area (Å²) in [5.74, 6) is 0.703. The lowest BCUT2D eigenvalue weighted by Crippen LogP contribution is -2.40. The van der Waals surface area contributed by atoms with E-state index in [1.165, 1.54) is 0 Å². The van der Waals surface area contributed by atoms with E-state index >= 15 is 0 Å². The summed E-state index contributed by atoms with van der Waals surface area (Å²) in [7, 11) is 0. The molecule has 0 unspecified atom stereocenters. The number of hydrogen-bond donors (Lipinski definition) is 0. The standard InChI is InChI=1S/C21H21BrO3S/c1-12-17(23)8-10-21(2)9-7-15-16(20(24)25-19(15)18(12)21)11-26-14-5-3-13(22)4-6-14/h3-6,8,10,15-16,19H,7,9,11H2,1-2H3/t15-,16-,19-,21-/m0/s1. The normalized spacial score (nSPS) is 33.1. The lowest BCUT2D eigenvalue weighted by Gasteiger charge is -2.43. The highest BCUT2D eigenvalue weighted by atomic mass is 79.9. The molecule has 0 N–H and O–H groups in total. The summed E-state index contributed by atoms with van der Waals surface area (Å²) in [6.45, 7) is 4.03. The topological polar surface area (TPSA) is 43.4 Å². The number of allylic oxidation sites excluding steroid dienone is 3. The molecule has 0 aromatic heterocycles. The second-order valence-corrected chi connectivity index (χ2v) is 9.59. The molecule has 4 rings (SSSR count). The Morgan fingerprint density at radius 1 is 1.27 bits per heavy atom. The largest absolute Gasteiger partial charge is 0.457 e. The molecule has 136 valence electrons. The van der Waals surface area contributed by atoms with Gasteiger partial charge in [0.05, 0.1) is 5.92 Å². The van der Waals surface area contributed by atoms with Crippen molar-refractivity contribution in [3.63, 3.8) is 0 Å². The molecule has 3 aliphatic rings. The van der Waals surface area contributed by atoms with Crippen LogP contribution in [0.25, 0.3) is 0 Å². The Hall–Kier alpha value is -1.33. The van der Waals surface area contributed by atoms with Gasteiger partial charge in [-0.2, -0.15) is 0 Å². The lowest BCUT2D eigenvalue weighted by molar-refractivity contribution is -0.143. The Morgan fingerprint density at radius 3 is 2.73 bits per heavy atom. The van der Waals surface area contributed by atoms with Crippen LogP contribution in [0.1, 0.15) is 26.7 Å². The van der Waals surface area contributed by atoms with E-state index < -0.39 is 0 Å². The summed E-state index contributed by atoms with van der Waals surface area (Å²) >= 11 is 5.14. The zero-order chi connectivity index (χ0) is 18.5. The first kappa shape index (κ1) is 18.1. The van der Waals surface area contributed by atoms with Crippen LogP contribution in [0.15, 0.2) is 56.9 Å². The molecule has 1 saturated heterocycles. The Kier molecular flexibility index (Phi) is 4.64. The third-order valence-electron chi connectivity index (χ3n) is 5.97. The molecular weight excluding hydrogens is 412 g/mol. The molecule has 1 aromatic rings. The predicted molar refractivity (Wildman–Crippen MR) is 106 cm³/mol. The first-order chi connectivity index (χ1) is 12.4. The van der Waals surface area contributed by atoms with Gasteiger partial charge >= 0.3 is 5.97 Å². The van der Waals surface area contributed by atoms with Crippen LogP contribution in [-0.4, -0.2) is 23.6 Å². The summed E-state index contributed by atoms with van der Waals surface area (Å²) in [5, 5.41) is 0. The molecule has 26 heavy (non-hydrogen) atoms. The number of carbonyl (C=O) groups is 2. The number of rotatable bonds is 3. The number of thioether (sulfide) groups is 1. The molecule has 1 aromatic carbocycles. The van der Waals surface area contributed by atoms with Gasteiger partial charge in [-0.3, -0.25) is 9.59 Å². The van der Waals surface area contributed by atoms with Gasteiger partial charge in [0, 0.05) is 32.0 Å². The molecule has 2 fully saturated rings. The first-order valence-corrected chi connectivity index (χ1v) is 10.7. The number of ether oxygens (including phenoxy) is 1. The molecule has 2 aliphatic carbocycles. The van der Waals surface area contributed by atoms with Crippen molar-refractivity contribution in [3.05, 3.63) is 52.0 Å². The van der Waals surface area contributed by atoms with E-state index in [-0.39, 0.29) is 35.1 Å². The maximum atomic E-state index is 12.6. The first-order valence-electron chi connectivity index (χ1n) is 8.93. The summed E-state index contributed by atoms with van der Waals surface area (Å²) < 4.78 is 6.88. The van der Waals surface area contributed by atoms with Crippen molar-refractivity contribution in [2.75, 3.05) is 5.75 Å². The quantitative estimate of drug-likeness (QED) is 0.500. The molecule has 4 atom stereocenters. The van der Waals surface area contributed by atoms with Crippen LogP contribution in [0, 0.1) is 17.3 Å². The van der Waals surface area contributed by atoms with E-state index in [0.717, 1.165) is 33.4 Å². The number of halogens is 1. The molecule has 3 nitrogen and oxygen atoms in total. The van der Waals surface area contributed by atoms with Gasteiger partial charge in [0.15, 0.2) is 5.78 Å². The Bertz CT molecular complexity index is 826. The molecule has 0 amide bonds. The highest BCUT2D eigenvalue weighted by molar-refractivity contribution is 9.10. The molecule has 1 heterocycles. The second-order valence-electron chi connectivity index (χ2n) is 7.59. The Labute approximate surface area is 166 Å². The zero-order valence-corrected chi connectivity index (χ0v) is 17.2. The van der Waals surface area contributed by atoms with Crippen molar-refractivity contribution in [2.24, 2.45) is 17.3 Å². The number of esters is 1. The fourth-order valence-corrected chi connectivity index (χ4v) is 5.83.